The number of piperazine rings is 1. The van der Waals surface area contributed by atoms with E-state index in [2.05, 4.69) is 4.74 Å². The van der Waals surface area contributed by atoms with Crippen LogP contribution in [0, 0.1) is 0 Å². The molecule has 0 bridgehead atoms. The highest BCUT2D eigenvalue weighted by Crippen LogP contribution is 2.15. The van der Waals surface area contributed by atoms with Crippen LogP contribution >= 0.6 is 11.3 Å². The van der Waals surface area contributed by atoms with E-state index in [4.69, 9.17) is 4.74 Å². The molecular formula is C19H20N2O5S. The first kappa shape index (κ1) is 18.9. The van der Waals surface area contributed by atoms with Crippen molar-refractivity contribution in [3.8, 4) is 5.75 Å². The van der Waals surface area contributed by atoms with E-state index in [1.54, 1.807) is 34.1 Å². The van der Waals surface area contributed by atoms with E-state index in [0.717, 1.165) is 0 Å². The molecule has 0 unspecified atom stereocenters. The van der Waals surface area contributed by atoms with Crippen LogP contribution in [0.1, 0.15) is 20.0 Å². The molecule has 1 saturated heterocycles. The number of ether oxygens (including phenoxy) is 2. The maximum atomic E-state index is 12.3. The molecule has 1 fully saturated rings. The monoisotopic (exact) mass is 388 g/mol. The van der Waals surface area contributed by atoms with Gasteiger partial charge in [-0.1, -0.05) is 6.07 Å². The topological polar surface area (TPSA) is 76.2 Å². The van der Waals surface area contributed by atoms with Gasteiger partial charge in [-0.3, -0.25) is 9.59 Å². The zero-order valence-electron chi connectivity index (χ0n) is 14.9. The SMILES string of the molecule is COC(=O)c1ccc(OCC(=O)N2CCN(C(=O)c3cccs3)CC2)cc1. The molecular weight excluding hydrogens is 368 g/mol. The molecule has 0 spiro atoms. The number of nitrogens with zero attached hydrogens (tertiary/aromatic N) is 2. The highest BCUT2D eigenvalue weighted by atomic mass is 32.1. The molecule has 8 heteroatoms. The van der Waals surface area contributed by atoms with E-state index in [0.29, 0.717) is 42.4 Å². The largest absolute Gasteiger partial charge is 0.484 e. The Bertz CT molecular complexity index is 796. The number of benzene rings is 1. The second-order valence-electron chi connectivity index (χ2n) is 5.95. The molecule has 1 aromatic carbocycles. The van der Waals surface area contributed by atoms with Gasteiger partial charge >= 0.3 is 5.97 Å². The first-order chi connectivity index (χ1) is 13.1. The molecule has 0 aliphatic carbocycles. The molecule has 3 rings (SSSR count). The van der Waals surface area contributed by atoms with E-state index in [1.165, 1.54) is 18.4 Å². The maximum Gasteiger partial charge on any atom is 0.337 e. The summed E-state index contributed by atoms with van der Waals surface area (Å²) in [5, 5.41) is 1.88. The molecule has 0 atom stereocenters. The van der Waals surface area contributed by atoms with Crippen molar-refractivity contribution in [2.45, 2.75) is 0 Å². The average Bonchev–Trinajstić information content (AvgIpc) is 3.26. The summed E-state index contributed by atoms with van der Waals surface area (Å²) >= 11 is 1.42. The minimum Gasteiger partial charge on any atom is -0.484 e. The summed E-state index contributed by atoms with van der Waals surface area (Å²) in [6, 6.07) is 10.1. The predicted octanol–water partition coefficient (Wildman–Crippen LogP) is 1.90. The number of hydrogen-bond donors (Lipinski definition) is 0. The Morgan fingerprint density at radius 3 is 2.26 bits per heavy atom. The van der Waals surface area contributed by atoms with Crippen molar-refractivity contribution in [1.29, 1.82) is 0 Å². The number of esters is 1. The molecule has 2 heterocycles. The number of amides is 2. The number of thiophene rings is 1. The Balaban J connectivity index is 1.45. The smallest absolute Gasteiger partial charge is 0.337 e. The van der Waals surface area contributed by atoms with Gasteiger partial charge in [0.1, 0.15) is 5.75 Å². The maximum absolute atomic E-state index is 12.3. The van der Waals surface area contributed by atoms with Crippen LogP contribution in [0.2, 0.25) is 0 Å². The normalized spacial score (nSPS) is 14.0. The van der Waals surface area contributed by atoms with E-state index in [9.17, 15) is 14.4 Å². The highest BCUT2D eigenvalue weighted by Gasteiger charge is 2.25. The lowest BCUT2D eigenvalue weighted by Gasteiger charge is -2.34. The van der Waals surface area contributed by atoms with Gasteiger partial charge in [0.15, 0.2) is 6.61 Å². The van der Waals surface area contributed by atoms with Gasteiger partial charge in [-0.25, -0.2) is 4.79 Å². The van der Waals surface area contributed by atoms with Crippen LogP contribution in [0.25, 0.3) is 0 Å². The number of hydrogen-bond acceptors (Lipinski definition) is 6. The van der Waals surface area contributed by atoms with E-state index >= 15 is 0 Å². The molecule has 2 aromatic rings. The van der Waals surface area contributed by atoms with Crippen molar-refractivity contribution in [2.24, 2.45) is 0 Å². The third-order valence-corrected chi connectivity index (χ3v) is 5.15. The molecule has 7 nitrogen and oxygen atoms in total. The molecule has 142 valence electrons. The summed E-state index contributed by atoms with van der Waals surface area (Å²) in [4.78, 5) is 40.2. The fourth-order valence-electron chi connectivity index (χ4n) is 2.76. The molecule has 1 aromatic heterocycles. The number of rotatable bonds is 5. The Hall–Kier alpha value is -2.87. The molecule has 27 heavy (non-hydrogen) atoms. The zero-order chi connectivity index (χ0) is 19.2. The first-order valence-electron chi connectivity index (χ1n) is 8.50. The second kappa shape index (κ2) is 8.68. The summed E-state index contributed by atoms with van der Waals surface area (Å²) in [5.74, 6) is -0.0376. The van der Waals surface area contributed by atoms with Gasteiger partial charge in [0.25, 0.3) is 11.8 Å². The summed E-state index contributed by atoms with van der Waals surface area (Å²) in [6.07, 6.45) is 0. The van der Waals surface area contributed by atoms with Crippen molar-refractivity contribution in [3.05, 3.63) is 52.2 Å². The number of methoxy groups -OCH3 is 1. The lowest BCUT2D eigenvalue weighted by atomic mass is 10.2. The molecule has 1 aliphatic rings. The standard InChI is InChI=1S/C19H20N2O5S/c1-25-19(24)14-4-6-15(7-5-14)26-13-17(22)20-8-10-21(11-9-20)18(23)16-3-2-12-27-16/h2-7,12H,8-11,13H2,1H3. The van der Waals surface area contributed by atoms with Crippen molar-refractivity contribution < 1.29 is 23.9 Å². The summed E-state index contributed by atoms with van der Waals surface area (Å²) in [6.45, 7) is 1.91. The van der Waals surface area contributed by atoms with Gasteiger partial charge in [0.2, 0.25) is 0 Å². The van der Waals surface area contributed by atoms with E-state index < -0.39 is 5.97 Å². The van der Waals surface area contributed by atoms with E-state index in [-0.39, 0.29) is 18.4 Å². The fourth-order valence-corrected chi connectivity index (χ4v) is 3.45. The van der Waals surface area contributed by atoms with Crippen LogP contribution in [-0.2, 0) is 9.53 Å². The predicted molar refractivity (Wildman–Crippen MR) is 100 cm³/mol. The van der Waals surface area contributed by atoms with Gasteiger partial charge < -0.3 is 19.3 Å². The summed E-state index contributed by atoms with van der Waals surface area (Å²) in [7, 11) is 1.32. The van der Waals surface area contributed by atoms with Gasteiger partial charge in [0, 0.05) is 26.2 Å². The Morgan fingerprint density at radius 2 is 1.67 bits per heavy atom. The van der Waals surface area contributed by atoms with Gasteiger partial charge in [-0.2, -0.15) is 0 Å². The molecule has 0 saturated carbocycles. The lowest BCUT2D eigenvalue weighted by molar-refractivity contribution is -0.134. The molecule has 0 radical (unpaired) electrons. The second-order valence-corrected chi connectivity index (χ2v) is 6.90. The van der Waals surface area contributed by atoms with Crippen LogP contribution in [0.15, 0.2) is 41.8 Å². The molecule has 2 amide bonds. The highest BCUT2D eigenvalue weighted by molar-refractivity contribution is 7.12. The lowest BCUT2D eigenvalue weighted by Crippen LogP contribution is -2.51. The van der Waals surface area contributed by atoms with Gasteiger partial charge in [0.05, 0.1) is 17.6 Å². The zero-order valence-corrected chi connectivity index (χ0v) is 15.7. The van der Waals surface area contributed by atoms with Gasteiger partial charge in [-0.05, 0) is 35.7 Å². The third kappa shape index (κ3) is 4.65. The first-order valence-corrected chi connectivity index (χ1v) is 9.38. The Kier molecular flexibility index (Phi) is 6.08. The van der Waals surface area contributed by atoms with Crippen molar-refractivity contribution >= 4 is 29.1 Å². The fraction of sp³-hybridized carbons (Fsp3) is 0.316. The van der Waals surface area contributed by atoms with Gasteiger partial charge in [-0.15, -0.1) is 11.3 Å². The Labute approximate surface area is 161 Å². The molecule has 1 aliphatic heterocycles. The number of carbonyl (C=O) groups is 3. The van der Waals surface area contributed by atoms with Crippen molar-refractivity contribution in [1.82, 2.24) is 9.80 Å². The van der Waals surface area contributed by atoms with Crippen molar-refractivity contribution in [2.75, 3.05) is 39.9 Å². The third-order valence-electron chi connectivity index (χ3n) is 4.29. The van der Waals surface area contributed by atoms with Crippen LogP contribution in [0.3, 0.4) is 0 Å². The van der Waals surface area contributed by atoms with Crippen LogP contribution in [-0.4, -0.2) is 67.5 Å². The van der Waals surface area contributed by atoms with E-state index in [1.807, 2.05) is 17.5 Å². The minimum absolute atomic E-state index is 0.0130. The average molecular weight is 388 g/mol. The minimum atomic E-state index is -0.424. The molecule has 0 N–H and O–H groups in total. The Morgan fingerprint density at radius 1 is 1.00 bits per heavy atom. The van der Waals surface area contributed by atoms with Crippen molar-refractivity contribution in [3.63, 3.8) is 0 Å². The summed E-state index contributed by atoms with van der Waals surface area (Å²) in [5.41, 5.74) is 0.419. The number of carbonyl (C=O) groups excluding carboxylic acids is 3. The van der Waals surface area contributed by atoms with Crippen LogP contribution in [0.5, 0.6) is 5.75 Å². The van der Waals surface area contributed by atoms with Crippen LogP contribution < -0.4 is 4.74 Å². The summed E-state index contributed by atoms with van der Waals surface area (Å²) < 4.78 is 10.1. The van der Waals surface area contributed by atoms with Crippen LogP contribution in [0.4, 0.5) is 0 Å². The quantitative estimate of drug-likeness (QED) is 0.732.